The minimum Gasteiger partial charge on any atom is -0.491 e. The van der Waals surface area contributed by atoms with Crippen molar-refractivity contribution >= 4 is 34.9 Å². The Labute approximate surface area is 171 Å². The van der Waals surface area contributed by atoms with Gasteiger partial charge in [0.15, 0.2) is 11.6 Å². The number of carbonyl (C=O) groups is 1. The van der Waals surface area contributed by atoms with Gasteiger partial charge in [0.2, 0.25) is 5.95 Å². The predicted molar refractivity (Wildman–Crippen MR) is 110 cm³/mol. The van der Waals surface area contributed by atoms with E-state index in [9.17, 15) is 9.18 Å². The summed E-state index contributed by atoms with van der Waals surface area (Å²) >= 11 is 0. The van der Waals surface area contributed by atoms with Crippen LogP contribution in [0.4, 0.5) is 38.0 Å². The molecule has 4 N–H and O–H groups in total. The number of halogens is 1. The van der Waals surface area contributed by atoms with Gasteiger partial charge in [0.25, 0.3) is 0 Å². The summed E-state index contributed by atoms with van der Waals surface area (Å²) in [5.74, 6) is 0.167. The number of rotatable bonds is 9. The van der Waals surface area contributed by atoms with E-state index in [4.69, 9.17) is 14.6 Å². The van der Waals surface area contributed by atoms with Gasteiger partial charge in [0, 0.05) is 24.2 Å². The largest absolute Gasteiger partial charge is 0.491 e. The maximum atomic E-state index is 14.2. The van der Waals surface area contributed by atoms with Crippen molar-refractivity contribution in [2.45, 2.75) is 0 Å². The molecule has 0 saturated heterocycles. The second kappa shape index (κ2) is 10.0. The normalized spacial score (nSPS) is 10.3. The van der Waals surface area contributed by atoms with Crippen LogP contribution in [0, 0.1) is 5.82 Å². The zero-order valence-corrected chi connectivity index (χ0v) is 16.1. The highest BCUT2D eigenvalue weighted by Gasteiger charge is 2.09. The molecule has 0 aliphatic rings. The molecule has 3 aromatic rings. The lowest BCUT2D eigenvalue weighted by Crippen LogP contribution is -2.07. The zero-order chi connectivity index (χ0) is 21.3. The van der Waals surface area contributed by atoms with E-state index in [1.807, 2.05) is 0 Å². The maximum Gasteiger partial charge on any atom is 0.409 e. The van der Waals surface area contributed by atoms with Crippen molar-refractivity contribution in [1.82, 2.24) is 9.97 Å². The lowest BCUT2D eigenvalue weighted by Gasteiger charge is -2.11. The lowest BCUT2D eigenvalue weighted by atomic mass is 10.2. The third kappa shape index (κ3) is 6.04. The Kier molecular flexibility index (Phi) is 6.95. The first-order valence-corrected chi connectivity index (χ1v) is 8.92. The molecule has 0 bridgehead atoms. The van der Waals surface area contributed by atoms with Crippen molar-refractivity contribution in [3.8, 4) is 5.75 Å². The molecular weight excluding hydrogens is 393 g/mol. The Balaban J connectivity index is 1.68. The summed E-state index contributed by atoms with van der Waals surface area (Å²) in [6.07, 6.45) is -0.152. The van der Waals surface area contributed by atoms with Gasteiger partial charge in [-0.3, -0.25) is 5.32 Å². The van der Waals surface area contributed by atoms with Gasteiger partial charge in [0.1, 0.15) is 12.4 Å². The summed E-state index contributed by atoms with van der Waals surface area (Å²) in [6, 6.07) is 13.5. The number of hydrogen-bond acceptors (Lipinski definition) is 7. The molecule has 156 valence electrons. The van der Waals surface area contributed by atoms with Crippen LogP contribution in [0.25, 0.3) is 0 Å². The number of carboxylic acid groups (broad SMARTS) is 1. The number of nitrogens with one attached hydrogen (secondary N) is 3. The van der Waals surface area contributed by atoms with Crippen LogP contribution in [-0.2, 0) is 4.74 Å². The van der Waals surface area contributed by atoms with Gasteiger partial charge in [-0.15, -0.1) is 0 Å². The smallest absolute Gasteiger partial charge is 0.409 e. The van der Waals surface area contributed by atoms with Crippen LogP contribution in [-0.4, -0.2) is 41.5 Å². The third-order valence-corrected chi connectivity index (χ3v) is 3.79. The number of hydrogen-bond donors (Lipinski definition) is 4. The van der Waals surface area contributed by atoms with Gasteiger partial charge in [-0.2, -0.15) is 4.98 Å². The Morgan fingerprint density at radius 3 is 2.57 bits per heavy atom. The highest BCUT2D eigenvalue weighted by atomic mass is 19.1. The molecule has 2 aromatic carbocycles. The number of amides is 1. The average molecular weight is 413 g/mol. The average Bonchev–Trinajstić information content (AvgIpc) is 2.72. The van der Waals surface area contributed by atoms with Crippen molar-refractivity contribution in [3.63, 3.8) is 0 Å². The second-order valence-electron chi connectivity index (χ2n) is 6.02. The van der Waals surface area contributed by atoms with Crippen LogP contribution in [0.1, 0.15) is 0 Å². The molecular formula is C20H20FN5O4. The molecule has 0 aliphatic carbocycles. The van der Waals surface area contributed by atoms with Crippen LogP contribution >= 0.6 is 0 Å². The number of aromatic nitrogens is 2. The molecule has 0 unspecified atom stereocenters. The van der Waals surface area contributed by atoms with Crippen molar-refractivity contribution < 1.29 is 23.8 Å². The molecule has 1 amide bonds. The fourth-order valence-electron chi connectivity index (χ4n) is 2.46. The van der Waals surface area contributed by atoms with E-state index in [-0.39, 0.29) is 11.8 Å². The molecule has 0 saturated carbocycles. The number of ether oxygens (including phenoxy) is 2. The minimum absolute atomic E-state index is 0.0560. The molecule has 0 radical (unpaired) electrons. The van der Waals surface area contributed by atoms with Crippen molar-refractivity contribution in [2.24, 2.45) is 0 Å². The zero-order valence-electron chi connectivity index (χ0n) is 16.1. The summed E-state index contributed by atoms with van der Waals surface area (Å²) in [5, 5.41) is 16.8. The first kappa shape index (κ1) is 20.8. The summed E-state index contributed by atoms with van der Waals surface area (Å²) in [6.45, 7) is 0.942. The van der Waals surface area contributed by atoms with Crippen molar-refractivity contribution in [2.75, 3.05) is 36.3 Å². The Morgan fingerprint density at radius 2 is 1.83 bits per heavy atom. The van der Waals surface area contributed by atoms with Gasteiger partial charge in [-0.05, 0) is 42.5 Å². The number of methoxy groups -OCH3 is 1. The van der Waals surface area contributed by atoms with E-state index >= 15 is 0 Å². The topological polar surface area (TPSA) is 118 Å². The summed E-state index contributed by atoms with van der Waals surface area (Å²) in [4.78, 5) is 18.8. The lowest BCUT2D eigenvalue weighted by molar-refractivity contribution is 0.146. The fourth-order valence-corrected chi connectivity index (χ4v) is 2.46. The standard InChI is InChI=1S/C20H20FN5O4/c1-29-9-10-30-16-7-5-13(6-8-16)24-19-22-12-17(21)18(26-19)23-14-3-2-4-15(11-14)25-20(27)28/h2-8,11-12,25H,9-10H2,1H3,(H,27,28)(H2,22,23,24,26). The van der Waals surface area contributed by atoms with Crippen LogP contribution in [0.5, 0.6) is 5.75 Å². The van der Waals surface area contributed by atoms with Gasteiger partial charge in [-0.1, -0.05) is 6.07 Å². The van der Waals surface area contributed by atoms with Crippen LogP contribution < -0.4 is 20.7 Å². The van der Waals surface area contributed by atoms with Gasteiger partial charge in [0.05, 0.1) is 12.8 Å². The SMILES string of the molecule is COCCOc1ccc(Nc2ncc(F)c(Nc3cccc(NC(=O)O)c3)n2)cc1. The van der Waals surface area contributed by atoms with Crippen LogP contribution in [0.15, 0.2) is 54.7 Å². The summed E-state index contributed by atoms with van der Waals surface area (Å²) in [5.41, 5.74) is 1.50. The van der Waals surface area contributed by atoms with Crippen molar-refractivity contribution in [1.29, 1.82) is 0 Å². The highest BCUT2D eigenvalue weighted by molar-refractivity contribution is 5.84. The van der Waals surface area contributed by atoms with Gasteiger partial charge in [-0.25, -0.2) is 14.2 Å². The molecule has 9 nitrogen and oxygen atoms in total. The second-order valence-corrected chi connectivity index (χ2v) is 6.02. The Morgan fingerprint density at radius 1 is 1.07 bits per heavy atom. The molecule has 0 aliphatic heterocycles. The summed E-state index contributed by atoms with van der Waals surface area (Å²) < 4.78 is 24.6. The molecule has 3 rings (SSSR count). The van der Waals surface area contributed by atoms with E-state index in [0.717, 1.165) is 6.20 Å². The van der Waals surface area contributed by atoms with E-state index in [2.05, 4.69) is 25.9 Å². The molecule has 0 atom stereocenters. The summed E-state index contributed by atoms with van der Waals surface area (Å²) in [7, 11) is 1.60. The number of benzene rings is 2. The first-order valence-electron chi connectivity index (χ1n) is 8.92. The number of anilines is 5. The molecule has 0 fully saturated rings. The third-order valence-electron chi connectivity index (χ3n) is 3.79. The van der Waals surface area contributed by atoms with Gasteiger partial charge >= 0.3 is 6.09 Å². The first-order chi connectivity index (χ1) is 14.5. The monoisotopic (exact) mass is 413 g/mol. The van der Waals surface area contributed by atoms with Crippen LogP contribution in [0.2, 0.25) is 0 Å². The molecule has 10 heteroatoms. The molecule has 1 aromatic heterocycles. The van der Waals surface area contributed by atoms with Crippen LogP contribution in [0.3, 0.4) is 0 Å². The fraction of sp³-hybridized carbons (Fsp3) is 0.150. The Bertz CT molecular complexity index is 1000. The van der Waals surface area contributed by atoms with E-state index in [0.29, 0.717) is 36.0 Å². The number of nitrogens with zero attached hydrogens (tertiary/aromatic N) is 2. The Hall–Kier alpha value is -3.92. The van der Waals surface area contributed by atoms with E-state index in [1.54, 1.807) is 49.6 Å². The van der Waals surface area contributed by atoms with E-state index in [1.165, 1.54) is 6.07 Å². The maximum absolute atomic E-state index is 14.2. The predicted octanol–water partition coefficient (Wildman–Crippen LogP) is 4.22. The highest BCUT2D eigenvalue weighted by Crippen LogP contribution is 2.23. The van der Waals surface area contributed by atoms with Crippen molar-refractivity contribution in [3.05, 3.63) is 60.5 Å². The van der Waals surface area contributed by atoms with E-state index < -0.39 is 11.9 Å². The molecule has 0 spiro atoms. The quantitative estimate of drug-likeness (QED) is 0.385. The van der Waals surface area contributed by atoms with Gasteiger partial charge < -0.3 is 25.2 Å². The molecule has 30 heavy (non-hydrogen) atoms. The minimum atomic E-state index is -1.19. The molecule has 1 heterocycles.